The lowest BCUT2D eigenvalue weighted by Crippen LogP contribution is -2.11. The zero-order valence-corrected chi connectivity index (χ0v) is 12.2. The predicted octanol–water partition coefficient (Wildman–Crippen LogP) is 2.88. The van der Waals surface area contributed by atoms with E-state index in [1.807, 2.05) is 32.0 Å². The van der Waals surface area contributed by atoms with Crippen molar-refractivity contribution in [3.05, 3.63) is 35.0 Å². The van der Waals surface area contributed by atoms with Crippen LogP contribution in [-0.2, 0) is 0 Å². The Morgan fingerprint density at radius 3 is 2.20 bits per heavy atom. The van der Waals surface area contributed by atoms with Crippen molar-refractivity contribution in [3.8, 4) is 17.1 Å². The molecule has 0 saturated carbocycles. The molecule has 0 atom stereocenters. The number of nitrogens with two attached hydrogens (primary N) is 1. The van der Waals surface area contributed by atoms with Crippen LogP contribution in [0.2, 0.25) is 0 Å². The predicted molar refractivity (Wildman–Crippen MR) is 80.5 cm³/mol. The zero-order chi connectivity index (χ0) is 14.9. The van der Waals surface area contributed by atoms with Gasteiger partial charge in [0.25, 0.3) is 0 Å². The summed E-state index contributed by atoms with van der Waals surface area (Å²) in [6.07, 6.45) is 0. The highest BCUT2D eigenvalue weighted by molar-refractivity contribution is 5.62. The maximum atomic E-state index is 9.85. The first kappa shape index (κ1) is 14.3. The average molecular weight is 272 g/mol. The van der Waals surface area contributed by atoms with Crippen LogP contribution in [0.25, 0.3) is 11.4 Å². The van der Waals surface area contributed by atoms with Crippen molar-refractivity contribution < 1.29 is 5.11 Å². The number of nitrogens with one attached hydrogen (secondary N) is 1. The Balaban J connectivity index is 2.60. The van der Waals surface area contributed by atoms with Gasteiger partial charge in [-0.05, 0) is 43.0 Å². The molecule has 0 saturated heterocycles. The molecule has 0 unspecified atom stereocenters. The van der Waals surface area contributed by atoms with Gasteiger partial charge in [-0.3, -0.25) is 0 Å². The normalized spacial score (nSPS) is 10.9. The number of phenols is 1. The highest BCUT2D eigenvalue weighted by Crippen LogP contribution is 2.28. The molecule has 0 bridgehead atoms. The molecule has 1 aromatic heterocycles. The Labute approximate surface area is 118 Å². The van der Waals surface area contributed by atoms with Gasteiger partial charge < -0.3 is 10.5 Å². The molecular weight excluding hydrogens is 252 g/mol. The minimum atomic E-state index is 0.281. The summed E-state index contributed by atoms with van der Waals surface area (Å²) in [5.41, 5.74) is 5.98. The molecule has 2 aromatic rings. The van der Waals surface area contributed by atoms with Crippen LogP contribution in [0.4, 0.5) is 5.82 Å². The number of benzene rings is 1. The highest BCUT2D eigenvalue weighted by Gasteiger charge is 2.11. The lowest BCUT2D eigenvalue weighted by molar-refractivity contribution is 0.467. The Morgan fingerprint density at radius 1 is 1.10 bits per heavy atom. The summed E-state index contributed by atoms with van der Waals surface area (Å²) in [7, 11) is 0. The van der Waals surface area contributed by atoms with Crippen LogP contribution < -0.4 is 11.3 Å². The van der Waals surface area contributed by atoms with Gasteiger partial charge in [-0.25, -0.2) is 15.8 Å². The van der Waals surface area contributed by atoms with Gasteiger partial charge in [-0.1, -0.05) is 13.8 Å². The standard InChI is InChI=1S/C15H20N4O/c1-8(2)12-7-13(19-16)18-15(17-12)11-5-9(3)14(20)10(4)6-11/h5-8,20H,16H2,1-4H3,(H,17,18,19). The van der Waals surface area contributed by atoms with Gasteiger partial charge in [-0.15, -0.1) is 0 Å². The van der Waals surface area contributed by atoms with Gasteiger partial charge in [0.1, 0.15) is 11.6 Å². The summed E-state index contributed by atoms with van der Waals surface area (Å²) in [5, 5.41) is 9.85. The van der Waals surface area contributed by atoms with Crippen LogP contribution in [0.5, 0.6) is 5.75 Å². The van der Waals surface area contributed by atoms with Crippen molar-refractivity contribution >= 4 is 5.82 Å². The number of nitrogen functional groups attached to an aromatic ring is 1. The minimum Gasteiger partial charge on any atom is -0.507 e. The van der Waals surface area contributed by atoms with E-state index in [1.54, 1.807) is 0 Å². The third-order valence-corrected chi connectivity index (χ3v) is 3.23. The van der Waals surface area contributed by atoms with Gasteiger partial charge in [0, 0.05) is 17.3 Å². The Kier molecular flexibility index (Phi) is 3.90. The van der Waals surface area contributed by atoms with Crippen LogP contribution in [-0.4, -0.2) is 15.1 Å². The minimum absolute atomic E-state index is 0.281. The maximum Gasteiger partial charge on any atom is 0.161 e. The van der Waals surface area contributed by atoms with E-state index < -0.39 is 0 Å². The second-order valence-corrected chi connectivity index (χ2v) is 5.26. The smallest absolute Gasteiger partial charge is 0.161 e. The number of aromatic nitrogens is 2. The molecule has 0 fully saturated rings. The lowest BCUT2D eigenvalue weighted by Gasteiger charge is -2.11. The maximum absolute atomic E-state index is 9.85. The van der Waals surface area contributed by atoms with Gasteiger partial charge >= 0.3 is 0 Å². The van der Waals surface area contributed by atoms with Crippen LogP contribution in [0, 0.1) is 13.8 Å². The molecule has 5 nitrogen and oxygen atoms in total. The summed E-state index contributed by atoms with van der Waals surface area (Å²) in [6.45, 7) is 7.86. The topological polar surface area (TPSA) is 84.1 Å². The Hall–Kier alpha value is -2.14. The molecule has 106 valence electrons. The molecule has 0 amide bonds. The van der Waals surface area contributed by atoms with Gasteiger partial charge in [0.05, 0.1) is 0 Å². The fourth-order valence-electron chi connectivity index (χ4n) is 2.05. The summed E-state index contributed by atoms with van der Waals surface area (Å²) < 4.78 is 0. The van der Waals surface area contributed by atoms with Crippen LogP contribution in [0.1, 0.15) is 36.6 Å². The molecule has 4 N–H and O–H groups in total. The van der Waals surface area contributed by atoms with Crippen molar-refractivity contribution in [1.29, 1.82) is 0 Å². The molecule has 0 aliphatic rings. The molecule has 0 spiro atoms. The third kappa shape index (κ3) is 2.72. The van der Waals surface area contributed by atoms with E-state index >= 15 is 0 Å². The summed E-state index contributed by atoms with van der Waals surface area (Å²) in [4.78, 5) is 8.96. The number of aryl methyl sites for hydroxylation is 2. The second-order valence-electron chi connectivity index (χ2n) is 5.26. The number of nitrogens with zero attached hydrogens (tertiary/aromatic N) is 2. The lowest BCUT2D eigenvalue weighted by atomic mass is 10.0. The molecule has 20 heavy (non-hydrogen) atoms. The van der Waals surface area contributed by atoms with Crippen molar-refractivity contribution in [1.82, 2.24) is 9.97 Å². The molecule has 0 radical (unpaired) electrons. The number of hydrazine groups is 1. The van der Waals surface area contributed by atoms with E-state index in [0.29, 0.717) is 17.4 Å². The van der Waals surface area contributed by atoms with Crippen LogP contribution >= 0.6 is 0 Å². The van der Waals surface area contributed by atoms with Gasteiger partial charge in [0.15, 0.2) is 5.82 Å². The molecule has 5 heteroatoms. The summed E-state index contributed by atoms with van der Waals surface area (Å²) >= 11 is 0. The first-order valence-electron chi connectivity index (χ1n) is 6.58. The van der Waals surface area contributed by atoms with E-state index in [4.69, 9.17) is 5.84 Å². The molecule has 1 heterocycles. The van der Waals surface area contributed by atoms with E-state index in [1.165, 1.54) is 0 Å². The summed E-state index contributed by atoms with van der Waals surface area (Å²) in [5.74, 6) is 7.25. The number of hydrogen-bond acceptors (Lipinski definition) is 5. The van der Waals surface area contributed by atoms with Crippen LogP contribution in [0.3, 0.4) is 0 Å². The third-order valence-electron chi connectivity index (χ3n) is 3.23. The first-order chi connectivity index (χ1) is 9.42. The monoisotopic (exact) mass is 272 g/mol. The molecule has 2 rings (SSSR count). The number of rotatable bonds is 3. The molecule has 1 aromatic carbocycles. The number of anilines is 1. The van der Waals surface area contributed by atoms with Crippen molar-refractivity contribution in [2.45, 2.75) is 33.6 Å². The highest BCUT2D eigenvalue weighted by atomic mass is 16.3. The van der Waals surface area contributed by atoms with E-state index in [-0.39, 0.29) is 5.92 Å². The quantitative estimate of drug-likeness (QED) is 0.591. The van der Waals surface area contributed by atoms with Crippen molar-refractivity contribution in [2.24, 2.45) is 5.84 Å². The molecular formula is C15H20N4O. The summed E-state index contributed by atoms with van der Waals surface area (Å²) in [6, 6.07) is 5.60. The Bertz CT molecular complexity index is 615. The molecule has 0 aliphatic carbocycles. The first-order valence-corrected chi connectivity index (χ1v) is 6.58. The largest absolute Gasteiger partial charge is 0.507 e. The van der Waals surface area contributed by atoms with Crippen LogP contribution in [0.15, 0.2) is 18.2 Å². The fraction of sp³-hybridized carbons (Fsp3) is 0.333. The SMILES string of the molecule is Cc1cc(-c2nc(NN)cc(C(C)C)n2)cc(C)c1O. The van der Waals surface area contributed by atoms with Gasteiger partial charge in [0.2, 0.25) is 0 Å². The van der Waals surface area contributed by atoms with Crippen molar-refractivity contribution in [3.63, 3.8) is 0 Å². The van der Waals surface area contributed by atoms with Crippen molar-refractivity contribution in [2.75, 3.05) is 5.43 Å². The molecule has 0 aliphatic heterocycles. The van der Waals surface area contributed by atoms with Gasteiger partial charge in [-0.2, -0.15) is 0 Å². The van der Waals surface area contributed by atoms with E-state index in [0.717, 1.165) is 22.4 Å². The number of aromatic hydroxyl groups is 1. The van der Waals surface area contributed by atoms with E-state index in [2.05, 4.69) is 29.2 Å². The fourth-order valence-corrected chi connectivity index (χ4v) is 2.05. The zero-order valence-electron chi connectivity index (χ0n) is 12.2. The van der Waals surface area contributed by atoms with E-state index in [9.17, 15) is 5.11 Å². The number of hydrogen-bond donors (Lipinski definition) is 3. The Morgan fingerprint density at radius 2 is 1.70 bits per heavy atom. The number of phenolic OH excluding ortho intramolecular Hbond substituents is 1. The average Bonchev–Trinajstić information content (AvgIpc) is 2.43. The second kappa shape index (κ2) is 5.46.